The first kappa shape index (κ1) is 21.5. The van der Waals surface area contributed by atoms with Gasteiger partial charge in [-0.2, -0.15) is 12.1 Å². The van der Waals surface area contributed by atoms with Crippen LogP contribution in [0.4, 0.5) is 0 Å². The Hall–Kier alpha value is 0.248. The summed E-state index contributed by atoms with van der Waals surface area (Å²) in [7, 11) is 0. The molecule has 0 aliphatic rings. The van der Waals surface area contributed by atoms with Gasteiger partial charge in [0.2, 0.25) is 0 Å². The third-order valence-electron chi connectivity index (χ3n) is 1.16. The molecule has 0 saturated heterocycles. The second-order valence-corrected chi connectivity index (χ2v) is 2.15. The van der Waals surface area contributed by atoms with Crippen molar-refractivity contribution in [1.82, 2.24) is 0 Å². The van der Waals surface area contributed by atoms with Crippen LogP contribution in [0.3, 0.4) is 0 Å². The first-order chi connectivity index (χ1) is 6.85. The van der Waals surface area contributed by atoms with Gasteiger partial charge in [0, 0.05) is 65.4 Å². The summed E-state index contributed by atoms with van der Waals surface area (Å²) in [5.41, 5.74) is 10.7. The van der Waals surface area contributed by atoms with Crippen molar-refractivity contribution < 1.29 is 65.4 Å². The molecule has 0 aliphatic carbocycles. The minimum Gasteiger partial charge on any atom is -0.508 e. The Morgan fingerprint density at radius 2 is 1.88 bits per heavy atom. The maximum atomic E-state index is 5.03. The van der Waals surface area contributed by atoms with Crippen LogP contribution in [0.25, 0.3) is 6.08 Å². The first-order valence-electron chi connectivity index (χ1n) is 3.94. The average molecular weight is 362 g/mol. The van der Waals surface area contributed by atoms with Gasteiger partial charge in [-0.05, 0) is 0 Å². The number of hydrogen-bond donors (Lipinski definition) is 2. The van der Waals surface area contributed by atoms with Crippen molar-refractivity contribution in [1.29, 1.82) is 0 Å². The first-order valence-corrected chi connectivity index (χ1v) is 3.94. The van der Waals surface area contributed by atoms with Gasteiger partial charge in [-0.3, -0.25) is 12.3 Å². The van der Waals surface area contributed by atoms with Gasteiger partial charge in [-0.25, -0.2) is 18.3 Å². The zero-order valence-electron chi connectivity index (χ0n) is 8.93. The van der Waals surface area contributed by atoms with Gasteiger partial charge >= 0.3 is 0 Å². The van der Waals surface area contributed by atoms with Crippen molar-refractivity contribution in [2.24, 2.45) is 11.5 Å². The molecule has 0 atom stereocenters. The van der Waals surface area contributed by atoms with E-state index < -0.39 is 0 Å². The minimum absolute atomic E-state index is 0. The smallest absolute Gasteiger partial charge is 0 e. The van der Waals surface area contributed by atoms with E-state index in [1.165, 1.54) is 12.2 Å². The maximum Gasteiger partial charge on any atom is 0 e. The fourth-order valence-corrected chi connectivity index (χ4v) is 0.642. The van der Waals surface area contributed by atoms with Crippen LogP contribution in [-0.4, -0.2) is 0 Å². The molecule has 16 heavy (non-hydrogen) atoms. The summed E-state index contributed by atoms with van der Waals surface area (Å²) >= 11 is 0. The van der Waals surface area contributed by atoms with Gasteiger partial charge in [0.15, 0.2) is 0 Å². The Morgan fingerprint density at radius 3 is 2.19 bits per heavy atom. The molecule has 0 fully saturated rings. The van der Waals surface area contributed by atoms with Crippen molar-refractivity contribution in [2.45, 2.75) is 0 Å². The van der Waals surface area contributed by atoms with Crippen LogP contribution in [0.1, 0.15) is 5.56 Å². The standard InChI is InChI=1S/C8H7N.C4H5N.2Y/c9-7-6-8-4-2-1-3-5-8;1-2-3-4-5;;/h1-4,6H,9H2;1-3H,5H2;;/q2*-2;;. The van der Waals surface area contributed by atoms with Crippen molar-refractivity contribution in [2.75, 3.05) is 0 Å². The molecular weight excluding hydrogens is 350 g/mol. The summed E-state index contributed by atoms with van der Waals surface area (Å²) < 4.78 is 0. The molecule has 0 spiro atoms. The van der Waals surface area contributed by atoms with Crippen molar-refractivity contribution in [3.63, 3.8) is 0 Å². The Bertz CT molecular complexity index is 295. The molecule has 1 aromatic carbocycles. The molecular formula is C12H12N2Y2-4. The molecule has 1 rings (SSSR count). The molecule has 0 saturated carbocycles. The largest absolute Gasteiger partial charge is 0.508 e. The summed E-state index contributed by atoms with van der Waals surface area (Å²) in [6, 6.07) is 10.6. The number of benzene rings is 1. The molecule has 2 radical (unpaired) electrons. The van der Waals surface area contributed by atoms with E-state index in [0.29, 0.717) is 0 Å². The zero-order chi connectivity index (χ0) is 10.6. The van der Waals surface area contributed by atoms with E-state index in [-0.39, 0.29) is 65.4 Å². The quantitative estimate of drug-likeness (QED) is 0.476. The van der Waals surface area contributed by atoms with Crippen LogP contribution < -0.4 is 11.5 Å². The van der Waals surface area contributed by atoms with E-state index in [1.807, 2.05) is 24.3 Å². The number of hydrogen-bond acceptors (Lipinski definition) is 2. The number of allylic oxidation sites excluding steroid dienone is 2. The SMILES string of the molecule is N[C-]=Cc1[c-]cccc1.[CH-]=CC=[C-]N.[Y].[Y]. The van der Waals surface area contributed by atoms with E-state index >= 15 is 0 Å². The summed E-state index contributed by atoms with van der Waals surface area (Å²) in [5.74, 6) is 0. The molecule has 0 bridgehead atoms. The molecule has 80 valence electrons. The number of rotatable bonds is 2. The molecule has 4 N–H and O–H groups in total. The summed E-state index contributed by atoms with van der Waals surface area (Å²) in [6.45, 7) is 4.82. The predicted octanol–water partition coefficient (Wildman–Crippen LogP) is 1.47. The third kappa shape index (κ3) is 14.2. The van der Waals surface area contributed by atoms with E-state index in [9.17, 15) is 0 Å². The second-order valence-electron chi connectivity index (χ2n) is 2.15. The topological polar surface area (TPSA) is 52.0 Å². The molecule has 4 heteroatoms. The van der Waals surface area contributed by atoms with Crippen molar-refractivity contribution in [3.8, 4) is 0 Å². The van der Waals surface area contributed by atoms with Gasteiger partial charge in [0.1, 0.15) is 0 Å². The van der Waals surface area contributed by atoms with Crippen LogP contribution in [0.5, 0.6) is 0 Å². The predicted molar refractivity (Wildman–Crippen MR) is 58.0 cm³/mol. The van der Waals surface area contributed by atoms with Crippen LogP contribution in [0, 0.1) is 25.0 Å². The fourth-order valence-electron chi connectivity index (χ4n) is 0.642. The third-order valence-corrected chi connectivity index (χ3v) is 1.16. The Kier molecular flexibility index (Phi) is 23.7. The van der Waals surface area contributed by atoms with E-state index in [1.54, 1.807) is 6.08 Å². The Morgan fingerprint density at radius 1 is 1.19 bits per heavy atom. The van der Waals surface area contributed by atoms with Crippen LogP contribution in [-0.2, 0) is 65.4 Å². The Labute approximate surface area is 148 Å². The van der Waals surface area contributed by atoms with Gasteiger partial charge in [0.25, 0.3) is 0 Å². The van der Waals surface area contributed by atoms with E-state index in [2.05, 4.69) is 18.5 Å². The van der Waals surface area contributed by atoms with Gasteiger partial charge in [0.05, 0.1) is 0 Å². The van der Waals surface area contributed by atoms with Gasteiger partial charge in [-0.15, -0.1) is 6.07 Å². The van der Waals surface area contributed by atoms with E-state index in [0.717, 1.165) is 5.56 Å². The van der Waals surface area contributed by atoms with Crippen LogP contribution in [0.2, 0.25) is 0 Å². The monoisotopic (exact) mass is 362 g/mol. The zero-order valence-corrected chi connectivity index (χ0v) is 14.6. The van der Waals surface area contributed by atoms with Gasteiger partial charge < -0.3 is 35.8 Å². The van der Waals surface area contributed by atoms with Crippen LogP contribution in [0.15, 0.2) is 36.4 Å². The summed E-state index contributed by atoms with van der Waals surface area (Å²) in [4.78, 5) is 0. The molecule has 0 heterocycles. The molecule has 0 unspecified atom stereocenters. The molecule has 0 aromatic heterocycles. The molecule has 0 amide bonds. The van der Waals surface area contributed by atoms with E-state index in [4.69, 9.17) is 18.0 Å². The fraction of sp³-hybridized carbons (Fsp3) is 0. The molecule has 1 aromatic rings. The van der Waals surface area contributed by atoms with Gasteiger partial charge in [-0.1, -0.05) is 0 Å². The normalized spacial score (nSPS) is 8.50. The summed E-state index contributed by atoms with van der Waals surface area (Å²) in [5, 5.41) is 0. The molecule has 0 aliphatic heterocycles. The second kappa shape index (κ2) is 17.6. The minimum atomic E-state index is 0. The maximum absolute atomic E-state index is 5.03. The van der Waals surface area contributed by atoms with Crippen LogP contribution >= 0.6 is 0 Å². The summed E-state index contributed by atoms with van der Waals surface area (Å²) in [6.07, 6.45) is 9.07. The van der Waals surface area contributed by atoms with Crippen molar-refractivity contribution in [3.05, 3.63) is 67.0 Å². The average Bonchev–Trinajstić information content (AvgIpc) is 2.22. The van der Waals surface area contributed by atoms with Crippen molar-refractivity contribution >= 4 is 6.08 Å². The Balaban J connectivity index is -0.000000214. The number of nitrogens with two attached hydrogens (primary N) is 2. The molecule has 2 nitrogen and oxygen atoms in total.